The number of nitrogen functional groups attached to an aromatic ring is 1. The molecule has 2 rings (SSSR count). The van der Waals surface area contributed by atoms with E-state index in [1.807, 2.05) is 6.07 Å². The fourth-order valence-corrected chi connectivity index (χ4v) is 2.56. The Labute approximate surface area is 120 Å². The van der Waals surface area contributed by atoms with Crippen LogP contribution in [0.2, 0.25) is 0 Å². The summed E-state index contributed by atoms with van der Waals surface area (Å²) in [6.07, 6.45) is 7.07. The summed E-state index contributed by atoms with van der Waals surface area (Å²) >= 11 is 0. The number of hydrogen-bond acceptors (Lipinski definition) is 4. The number of nitrogens with two attached hydrogens (primary N) is 1. The van der Waals surface area contributed by atoms with Gasteiger partial charge in [-0.3, -0.25) is 4.79 Å². The largest absolute Gasteiger partial charge is 0.382 e. The van der Waals surface area contributed by atoms with Crippen LogP contribution in [0.15, 0.2) is 12.1 Å². The summed E-state index contributed by atoms with van der Waals surface area (Å²) in [7, 11) is 0. The van der Waals surface area contributed by atoms with Crippen LogP contribution in [0.5, 0.6) is 0 Å². The van der Waals surface area contributed by atoms with E-state index in [4.69, 9.17) is 5.73 Å². The van der Waals surface area contributed by atoms with E-state index in [0.717, 1.165) is 18.3 Å². The van der Waals surface area contributed by atoms with Gasteiger partial charge in [-0.25, -0.2) is 4.98 Å². The second-order valence-corrected chi connectivity index (χ2v) is 5.42. The molecule has 1 amide bonds. The third-order valence-corrected chi connectivity index (χ3v) is 3.82. The Morgan fingerprint density at radius 1 is 1.35 bits per heavy atom. The average molecular weight is 276 g/mol. The molecule has 1 aliphatic rings. The van der Waals surface area contributed by atoms with Gasteiger partial charge in [-0.1, -0.05) is 26.2 Å². The Kier molecular flexibility index (Phi) is 5.21. The number of pyridine rings is 1. The summed E-state index contributed by atoms with van der Waals surface area (Å²) in [5.74, 6) is 1.83. The van der Waals surface area contributed by atoms with E-state index in [1.165, 1.54) is 32.1 Å². The fourth-order valence-electron chi connectivity index (χ4n) is 2.56. The molecule has 1 aliphatic carbocycles. The van der Waals surface area contributed by atoms with E-state index in [1.54, 1.807) is 13.0 Å². The normalized spacial score (nSPS) is 15.8. The van der Waals surface area contributed by atoms with Gasteiger partial charge in [0.25, 0.3) is 0 Å². The van der Waals surface area contributed by atoms with Gasteiger partial charge in [0.05, 0.1) is 5.69 Å². The van der Waals surface area contributed by atoms with Crippen LogP contribution in [0.4, 0.5) is 17.3 Å². The second-order valence-electron chi connectivity index (χ2n) is 5.42. The molecule has 0 unspecified atom stereocenters. The van der Waals surface area contributed by atoms with E-state index in [9.17, 15) is 4.79 Å². The molecular formula is C15H24N4O. The minimum absolute atomic E-state index is 0.0542. The highest BCUT2D eigenvalue weighted by molar-refractivity contribution is 5.93. The third kappa shape index (κ3) is 4.11. The van der Waals surface area contributed by atoms with Crippen molar-refractivity contribution in [2.24, 2.45) is 5.92 Å². The van der Waals surface area contributed by atoms with Crippen LogP contribution in [0.1, 0.15) is 45.4 Å². The number of carbonyl (C=O) groups is 1. The van der Waals surface area contributed by atoms with Gasteiger partial charge in [-0.15, -0.1) is 0 Å². The first-order valence-corrected chi connectivity index (χ1v) is 7.49. The topological polar surface area (TPSA) is 80.0 Å². The first kappa shape index (κ1) is 14.6. The Morgan fingerprint density at radius 3 is 2.75 bits per heavy atom. The van der Waals surface area contributed by atoms with Crippen molar-refractivity contribution < 1.29 is 4.79 Å². The zero-order valence-corrected chi connectivity index (χ0v) is 12.1. The van der Waals surface area contributed by atoms with Crippen molar-refractivity contribution in [1.29, 1.82) is 0 Å². The number of aromatic nitrogens is 1. The zero-order valence-electron chi connectivity index (χ0n) is 12.1. The first-order valence-electron chi connectivity index (χ1n) is 7.49. The van der Waals surface area contributed by atoms with Crippen molar-refractivity contribution in [2.75, 3.05) is 22.9 Å². The molecule has 0 aliphatic heterocycles. The standard InChI is InChI=1S/C15H24N4O/c1-2-14(20)18-12-8-9-13(19-15(12)16)17-10-11-6-4-3-5-7-11/h8-9,11H,2-7,10H2,1H3,(H,18,20)(H3,16,17,19). The number of amides is 1. The van der Waals surface area contributed by atoms with Crippen LogP contribution >= 0.6 is 0 Å². The zero-order chi connectivity index (χ0) is 14.4. The van der Waals surface area contributed by atoms with E-state index in [2.05, 4.69) is 15.6 Å². The van der Waals surface area contributed by atoms with Crippen molar-refractivity contribution in [3.8, 4) is 0 Å². The van der Waals surface area contributed by atoms with Gasteiger partial charge < -0.3 is 16.4 Å². The molecule has 5 heteroatoms. The number of hydrogen-bond donors (Lipinski definition) is 3. The second kappa shape index (κ2) is 7.12. The summed E-state index contributed by atoms with van der Waals surface area (Å²) < 4.78 is 0. The van der Waals surface area contributed by atoms with Gasteiger partial charge in [0.2, 0.25) is 5.91 Å². The van der Waals surface area contributed by atoms with Crippen LogP contribution in [0.3, 0.4) is 0 Å². The Morgan fingerprint density at radius 2 is 2.10 bits per heavy atom. The fraction of sp³-hybridized carbons (Fsp3) is 0.600. The Bertz CT molecular complexity index is 455. The van der Waals surface area contributed by atoms with Crippen LogP contribution in [0.25, 0.3) is 0 Å². The van der Waals surface area contributed by atoms with Gasteiger partial charge >= 0.3 is 0 Å². The molecule has 0 aromatic carbocycles. The predicted molar refractivity (Wildman–Crippen MR) is 82.6 cm³/mol. The van der Waals surface area contributed by atoms with Crippen molar-refractivity contribution in [1.82, 2.24) is 4.98 Å². The van der Waals surface area contributed by atoms with Gasteiger partial charge in [-0.05, 0) is 30.9 Å². The molecule has 1 fully saturated rings. The minimum atomic E-state index is -0.0542. The van der Waals surface area contributed by atoms with Crippen LogP contribution in [-0.4, -0.2) is 17.4 Å². The molecule has 1 aromatic heterocycles. The molecule has 20 heavy (non-hydrogen) atoms. The van der Waals surface area contributed by atoms with Gasteiger partial charge in [0.1, 0.15) is 11.6 Å². The quantitative estimate of drug-likeness (QED) is 0.772. The van der Waals surface area contributed by atoms with Crippen LogP contribution in [-0.2, 0) is 4.79 Å². The van der Waals surface area contributed by atoms with Crippen LogP contribution < -0.4 is 16.4 Å². The SMILES string of the molecule is CCC(=O)Nc1ccc(NCC2CCCCC2)nc1N. The van der Waals surface area contributed by atoms with E-state index < -0.39 is 0 Å². The van der Waals surface area contributed by atoms with Gasteiger partial charge in [0, 0.05) is 13.0 Å². The number of anilines is 3. The highest BCUT2D eigenvalue weighted by atomic mass is 16.1. The lowest BCUT2D eigenvalue weighted by Gasteiger charge is -2.22. The number of nitrogens with one attached hydrogen (secondary N) is 2. The van der Waals surface area contributed by atoms with Crippen molar-refractivity contribution in [3.05, 3.63) is 12.1 Å². The molecule has 5 nitrogen and oxygen atoms in total. The molecule has 1 aromatic rings. The molecule has 0 radical (unpaired) electrons. The summed E-state index contributed by atoms with van der Waals surface area (Å²) in [6, 6.07) is 3.67. The highest BCUT2D eigenvalue weighted by Crippen LogP contribution is 2.24. The summed E-state index contributed by atoms with van der Waals surface area (Å²) in [6.45, 7) is 2.76. The molecule has 0 saturated heterocycles. The summed E-state index contributed by atoms with van der Waals surface area (Å²) in [4.78, 5) is 15.6. The molecule has 110 valence electrons. The van der Waals surface area contributed by atoms with Crippen molar-refractivity contribution in [3.63, 3.8) is 0 Å². The first-order chi connectivity index (χ1) is 9.69. The molecule has 1 heterocycles. The minimum Gasteiger partial charge on any atom is -0.382 e. The van der Waals surface area contributed by atoms with Crippen molar-refractivity contribution in [2.45, 2.75) is 45.4 Å². The number of nitrogens with zero attached hydrogens (tertiary/aromatic N) is 1. The number of rotatable bonds is 5. The number of carbonyl (C=O) groups excluding carboxylic acids is 1. The maximum absolute atomic E-state index is 11.3. The Hall–Kier alpha value is -1.78. The smallest absolute Gasteiger partial charge is 0.224 e. The molecule has 1 saturated carbocycles. The maximum Gasteiger partial charge on any atom is 0.224 e. The molecule has 4 N–H and O–H groups in total. The van der Waals surface area contributed by atoms with E-state index >= 15 is 0 Å². The molecule has 0 spiro atoms. The lowest BCUT2D eigenvalue weighted by Crippen LogP contribution is -2.18. The molecule has 0 atom stereocenters. The van der Waals surface area contributed by atoms with Crippen LogP contribution in [0, 0.1) is 5.92 Å². The van der Waals surface area contributed by atoms with Gasteiger partial charge in [0.15, 0.2) is 0 Å². The summed E-state index contributed by atoms with van der Waals surface area (Å²) in [5, 5.41) is 6.08. The Balaban J connectivity index is 1.89. The average Bonchev–Trinajstić information content (AvgIpc) is 2.48. The van der Waals surface area contributed by atoms with Crippen molar-refractivity contribution >= 4 is 23.2 Å². The van der Waals surface area contributed by atoms with Gasteiger partial charge in [-0.2, -0.15) is 0 Å². The van der Waals surface area contributed by atoms with E-state index in [-0.39, 0.29) is 5.91 Å². The lowest BCUT2D eigenvalue weighted by atomic mass is 9.89. The van der Waals surface area contributed by atoms with E-state index in [0.29, 0.717) is 17.9 Å². The maximum atomic E-state index is 11.3. The lowest BCUT2D eigenvalue weighted by molar-refractivity contribution is -0.115. The molecular weight excluding hydrogens is 252 g/mol. The predicted octanol–water partition coefficient (Wildman–Crippen LogP) is 3.00. The molecule has 0 bridgehead atoms. The third-order valence-electron chi connectivity index (χ3n) is 3.82. The summed E-state index contributed by atoms with van der Waals surface area (Å²) in [5.41, 5.74) is 6.45. The highest BCUT2D eigenvalue weighted by Gasteiger charge is 2.13. The monoisotopic (exact) mass is 276 g/mol.